The number of rotatable bonds is 9. The first-order chi connectivity index (χ1) is 18.2. The Morgan fingerprint density at radius 2 is 1.74 bits per heavy atom. The van der Waals surface area contributed by atoms with Gasteiger partial charge in [0.2, 0.25) is 0 Å². The maximum Gasteiger partial charge on any atom is 0.394 e. The van der Waals surface area contributed by atoms with Crippen molar-refractivity contribution in [3.05, 3.63) is 47.9 Å². The zero-order valence-electron chi connectivity index (χ0n) is 24.3. The topological polar surface area (TPSA) is 34.2 Å². The van der Waals surface area contributed by atoms with Crippen LogP contribution < -0.4 is 9.64 Å². The fraction of sp³-hybridized carbons (Fsp3) is 0.677. The zero-order valence-corrected chi connectivity index (χ0v) is 24.3. The molecule has 38 heavy (non-hydrogen) atoms. The molecule has 0 bridgehead atoms. The number of hydrogen-bond acceptors (Lipinski definition) is 5. The largest absolute Gasteiger partial charge is 0.491 e. The van der Waals surface area contributed by atoms with E-state index in [1.807, 2.05) is 32.7 Å². The highest BCUT2D eigenvalue weighted by Crippen LogP contribution is 2.51. The predicted molar refractivity (Wildman–Crippen MR) is 151 cm³/mol. The molecular weight excluding hydrogens is 486 g/mol. The summed E-state index contributed by atoms with van der Waals surface area (Å²) in [6.07, 6.45) is 9.39. The number of hydrogen-bond donors (Lipinski definition) is 0. The number of likely N-dealkylation sites (tertiary alicyclic amines) is 1. The molecule has 1 aromatic rings. The smallest absolute Gasteiger partial charge is 0.394 e. The lowest BCUT2D eigenvalue weighted by molar-refractivity contribution is -0.158. The lowest BCUT2D eigenvalue weighted by Crippen LogP contribution is -2.52. The number of halogens is 2. The monoisotopic (exact) mass is 534 g/mol. The summed E-state index contributed by atoms with van der Waals surface area (Å²) >= 11 is 0. The Balaban J connectivity index is 0.00000195. The van der Waals surface area contributed by atoms with Crippen molar-refractivity contribution in [2.45, 2.75) is 97.8 Å². The van der Waals surface area contributed by atoms with Crippen LogP contribution >= 0.6 is 0 Å². The van der Waals surface area contributed by atoms with Gasteiger partial charge in [-0.15, -0.1) is 0 Å². The van der Waals surface area contributed by atoms with Crippen molar-refractivity contribution in [1.82, 2.24) is 4.90 Å². The summed E-state index contributed by atoms with van der Waals surface area (Å²) in [7, 11) is 1.96. The number of alkyl halides is 2. The third kappa shape index (κ3) is 8.44. The lowest BCUT2D eigenvalue weighted by atomic mass is 9.61. The molecule has 1 aliphatic carbocycles. The molecule has 1 aromatic carbocycles. The van der Waals surface area contributed by atoms with E-state index in [1.54, 1.807) is 24.3 Å². The van der Waals surface area contributed by atoms with Crippen molar-refractivity contribution in [2.75, 3.05) is 38.3 Å². The van der Waals surface area contributed by atoms with Gasteiger partial charge in [-0.2, -0.15) is 8.78 Å². The maximum absolute atomic E-state index is 13.1. The molecule has 2 saturated heterocycles. The van der Waals surface area contributed by atoms with Crippen LogP contribution in [0.15, 0.2) is 47.9 Å². The van der Waals surface area contributed by atoms with Gasteiger partial charge in [0.05, 0.1) is 6.10 Å². The fourth-order valence-electron chi connectivity index (χ4n) is 5.80. The van der Waals surface area contributed by atoms with Crippen molar-refractivity contribution in [2.24, 2.45) is 5.41 Å². The first-order valence-corrected chi connectivity index (χ1v) is 14.4. The van der Waals surface area contributed by atoms with Crippen molar-refractivity contribution >= 4 is 5.69 Å². The molecule has 214 valence electrons. The molecule has 4 rings (SSSR count). The van der Waals surface area contributed by atoms with E-state index in [4.69, 9.17) is 9.47 Å². The summed E-state index contributed by atoms with van der Waals surface area (Å²) in [4.78, 5) is 4.72. The van der Waals surface area contributed by atoms with Gasteiger partial charge in [0, 0.05) is 44.6 Å². The van der Waals surface area contributed by atoms with Crippen LogP contribution in [-0.2, 0) is 9.47 Å². The van der Waals surface area contributed by atoms with E-state index in [0.29, 0.717) is 11.5 Å². The molecule has 0 unspecified atom stereocenters. The first-order valence-electron chi connectivity index (χ1n) is 14.4. The van der Waals surface area contributed by atoms with E-state index in [1.165, 1.54) is 38.8 Å². The number of anilines is 1. The minimum Gasteiger partial charge on any atom is -0.491 e. The summed E-state index contributed by atoms with van der Waals surface area (Å²) in [6.45, 7) is 13.1. The van der Waals surface area contributed by atoms with Crippen LogP contribution in [0.5, 0.6) is 5.75 Å². The van der Waals surface area contributed by atoms with Gasteiger partial charge in [-0.3, -0.25) is 0 Å². The summed E-state index contributed by atoms with van der Waals surface area (Å²) in [5.41, 5.74) is 2.37. The van der Waals surface area contributed by atoms with Crippen molar-refractivity contribution in [3.8, 4) is 5.75 Å². The molecule has 7 heteroatoms. The Labute approximate surface area is 228 Å². The van der Waals surface area contributed by atoms with Gasteiger partial charge in [0.15, 0.2) is 0 Å². The van der Waals surface area contributed by atoms with Crippen molar-refractivity contribution < 1.29 is 23.0 Å². The number of nitrogens with zero attached hydrogens (tertiary/aromatic N) is 2. The molecule has 3 aliphatic rings. The Morgan fingerprint density at radius 1 is 1.13 bits per heavy atom. The fourth-order valence-corrected chi connectivity index (χ4v) is 5.80. The minimum atomic E-state index is -3.19. The van der Waals surface area contributed by atoms with E-state index >= 15 is 0 Å². The molecule has 1 spiro atoms. The van der Waals surface area contributed by atoms with E-state index in [2.05, 4.69) is 28.7 Å². The van der Waals surface area contributed by atoms with Crippen LogP contribution in [0.2, 0.25) is 0 Å². The summed E-state index contributed by atoms with van der Waals surface area (Å²) in [5.74, 6) is 1.06. The molecule has 0 aromatic heterocycles. The van der Waals surface area contributed by atoms with E-state index in [0.717, 1.165) is 56.5 Å². The molecule has 3 fully saturated rings. The molecule has 1 saturated carbocycles. The number of benzene rings is 1. The molecular formula is C31H48F2N2O3. The molecule has 2 aliphatic heterocycles. The van der Waals surface area contributed by atoms with Gasteiger partial charge in [-0.25, -0.2) is 0 Å². The van der Waals surface area contributed by atoms with Crippen LogP contribution in [0.4, 0.5) is 14.5 Å². The zero-order chi connectivity index (χ0) is 27.8. The Hall–Kier alpha value is -2.12. The molecule has 0 N–H and O–H groups in total. The number of ether oxygens (including phenoxy) is 3. The highest BCUT2D eigenvalue weighted by atomic mass is 19.3. The minimum absolute atomic E-state index is 0.147. The third-order valence-electron chi connectivity index (χ3n) is 8.00. The van der Waals surface area contributed by atoms with Crippen LogP contribution in [0, 0.1) is 5.41 Å². The Morgan fingerprint density at radius 3 is 2.29 bits per heavy atom. The maximum atomic E-state index is 13.1. The molecule has 0 atom stereocenters. The third-order valence-corrected chi connectivity index (χ3v) is 8.00. The van der Waals surface area contributed by atoms with Gasteiger partial charge < -0.3 is 24.0 Å². The predicted octanol–water partition coefficient (Wildman–Crippen LogP) is 7.78. The van der Waals surface area contributed by atoms with Gasteiger partial charge in [0.25, 0.3) is 0 Å². The van der Waals surface area contributed by atoms with E-state index in [9.17, 15) is 8.78 Å². The summed E-state index contributed by atoms with van der Waals surface area (Å²) in [5, 5.41) is 0. The van der Waals surface area contributed by atoms with Gasteiger partial charge >= 0.3 is 6.11 Å². The number of piperidine rings is 1. The quantitative estimate of drug-likeness (QED) is 0.239. The highest BCUT2D eigenvalue weighted by molar-refractivity contribution is 5.53. The highest BCUT2D eigenvalue weighted by Gasteiger charge is 2.47. The van der Waals surface area contributed by atoms with Gasteiger partial charge in [-0.1, -0.05) is 20.8 Å². The van der Waals surface area contributed by atoms with Crippen LogP contribution in [0.1, 0.15) is 79.6 Å². The van der Waals surface area contributed by atoms with Crippen molar-refractivity contribution in [1.29, 1.82) is 0 Å². The second kappa shape index (κ2) is 13.8. The Bertz CT molecular complexity index is 904. The molecule has 2 heterocycles. The van der Waals surface area contributed by atoms with Crippen molar-refractivity contribution in [3.63, 3.8) is 0 Å². The SMILES string of the molecule is CC.CC/C=C(/C=C(/C)N(C)c1ccc(OC(C)(F)F)cc1)OC1CC2(CCN(C3CCOCC3)CC2)C1. The van der Waals surface area contributed by atoms with Gasteiger partial charge in [0.1, 0.15) is 11.5 Å². The first kappa shape index (κ1) is 30.4. The second-order valence-corrected chi connectivity index (χ2v) is 10.8. The van der Waals surface area contributed by atoms with E-state index < -0.39 is 6.11 Å². The molecule has 5 nitrogen and oxygen atoms in total. The summed E-state index contributed by atoms with van der Waals surface area (Å²) < 4.78 is 42.8. The molecule has 0 amide bonds. The van der Waals surface area contributed by atoms with Crippen LogP contribution in [0.25, 0.3) is 0 Å². The average molecular weight is 535 g/mol. The molecule has 0 radical (unpaired) electrons. The average Bonchev–Trinajstić information content (AvgIpc) is 2.89. The number of allylic oxidation sites excluding steroid dienone is 3. The van der Waals surface area contributed by atoms with Gasteiger partial charge in [-0.05, 0) is 107 Å². The van der Waals surface area contributed by atoms with Crippen LogP contribution in [-0.4, -0.2) is 56.5 Å². The standard InChI is InChI=1S/C29H42F2N2O3.C2H6/c1-5-6-26(19-22(2)32(4)23-7-9-25(10-8-23)36-28(3,30)31)35-27-20-29(21-27)13-15-33(16-14-29)24-11-17-34-18-12-24;1-2/h6-10,19,24,27H,5,11-18,20-21H2,1-4H3;1-2H3/b22-19-,26-6-;. The normalized spacial score (nSPS) is 21.4. The van der Waals surface area contributed by atoms with Crippen LogP contribution in [0.3, 0.4) is 0 Å². The van der Waals surface area contributed by atoms with E-state index in [-0.39, 0.29) is 11.9 Å². The second-order valence-electron chi connectivity index (χ2n) is 10.8. The Kier molecular flexibility index (Phi) is 11.0. The lowest BCUT2D eigenvalue weighted by Gasteiger charge is -2.53. The summed E-state index contributed by atoms with van der Waals surface area (Å²) in [6, 6.07) is 7.41.